The van der Waals surface area contributed by atoms with Gasteiger partial charge in [0.15, 0.2) is 0 Å². The second-order valence-electron chi connectivity index (χ2n) is 6.18. The van der Waals surface area contributed by atoms with Crippen LogP contribution in [0.25, 0.3) is 0 Å². The Bertz CT molecular complexity index is 1120. The Morgan fingerprint density at radius 2 is 1.69 bits per heavy atom. The topological polar surface area (TPSA) is 84.5 Å². The van der Waals surface area contributed by atoms with Crippen molar-refractivity contribution in [1.82, 2.24) is 0 Å². The van der Waals surface area contributed by atoms with Crippen LogP contribution in [0.5, 0.6) is 5.75 Å². The Morgan fingerprint density at radius 1 is 0.966 bits per heavy atom. The van der Waals surface area contributed by atoms with E-state index in [2.05, 4.69) is 26.0 Å². The molecule has 3 aromatic carbocycles. The summed E-state index contributed by atoms with van der Waals surface area (Å²) in [6.07, 6.45) is 0.109. The first-order valence-electron chi connectivity index (χ1n) is 8.67. The molecule has 0 aliphatic heterocycles. The van der Waals surface area contributed by atoms with Crippen LogP contribution in [0.3, 0.4) is 0 Å². The molecule has 0 heterocycles. The SMILES string of the molecule is COc1ccccc1CC(=O)Nc1cccc(S(=O)(=O)Nc2ccc(Br)cc2)c1. The van der Waals surface area contributed by atoms with E-state index in [0.717, 1.165) is 10.0 Å². The van der Waals surface area contributed by atoms with Gasteiger partial charge in [0.2, 0.25) is 5.91 Å². The number of carbonyl (C=O) groups is 1. The molecule has 2 N–H and O–H groups in total. The number of hydrogen-bond donors (Lipinski definition) is 2. The normalized spacial score (nSPS) is 11.0. The first-order chi connectivity index (χ1) is 13.9. The lowest BCUT2D eigenvalue weighted by atomic mass is 10.1. The summed E-state index contributed by atoms with van der Waals surface area (Å²) in [5.74, 6) is 0.350. The summed E-state index contributed by atoms with van der Waals surface area (Å²) in [7, 11) is -2.25. The zero-order chi connectivity index (χ0) is 20.9. The number of para-hydroxylation sites is 1. The summed E-state index contributed by atoms with van der Waals surface area (Å²) in [6.45, 7) is 0. The van der Waals surface area contributed by atoms with Gasteiger partial charge in [0.05, 0.1) is 18.4 Å². The molecule has 0 radical (unpaired) electrons. The minimum absolute atomic E-state index is 0.0514. The molecule has 0 spiro atoms. The number of hydrogen-bond acceptors (Lipinski definition) is 4. The second kappa shape index (κ2) is 9.11. The largest absolute Gasteiger partial charge is 0.496 e. The molecule has 1 amide bonds. The summed E-state index contributed by atoms with van der Waals surface area (Å²) in [5, 5.41) is 2.73. The molecule has 0 aliphatic carbocycles. The summed E-state index contributed by atoms with van der Waals surface area (Å²) >= 11 is 3.31. The Labute approximate surface area is 178 Å². The molecule has 8 heteroatoms. The standard InChI is InChI=1S/C21H19BrN2O4S/c1-28-20-8-3-2-5-15(20)13-21(25)23-18-6-4-7-19(14-18)29(26,27)24-17-11-9-16(22)10-12-17/h2-12,14,24H,13H2,1H3,(H,23,25). The van der Waals surface area contributed by atoms with Crippen molar-refractivity contribution in [2.75, 3.05) is 17.1 Å². The number of rotatable bonds is 7. The number of methoxy groups -OCH3 is 1. The molecule has 0 fully saturated rings. The van der Waals surface area contributed by atoms with Crippen LogP contribution in [0.4, 0.5) is 11.4 Å². The van der Waals surface area contributed by atoms with Crippen molar-refractivity contribution < 1.29 is 17.9 Å². The van der Waals surface area contributed by atoms with Crippen LogP contribution in [0.1, 0.15) is 5.56 Å². The smallest absolute Gasteiger partial charge is 0.261 e. The van der Waals surface area contributed by atoms with Crippen LogP contribution < -0.4 is 14.8 Å². The summed E-state index contributed by atoms with van der Waals surface area (Å²) < 4.78 is 33.9. The molecule has 0 saturated carbocycles. The fourth-order valence-electron chi connectivity index (χ4n) is 2.70. The Balaban J connectivity index is 1.73. The van der Waals surface area contributed by atoms with Gasteiger partial charge in [0, 0.05) is 21.4 Å². The third kappa shape index (κ3) is 5.58. The van der Waals surface area contributed by atoms with E-state index in [1.54, 1.807) is 55.6 Å². The fraction of sp³-hybridized carbons (Fsp3) is 0.0952. The predicted octanol–water partition coefficient (Wildman–Crippen LogP) is 4.44. The van der Waals surface area contributed by atoms with Gasteiger partial charge in [-0.1, -0.05) is 40.2 Å². The van der Waals surface area contributed by atoms with Crippen LogP contribution >= 0.6 is 15.9 Å². The van der Waals surface area contributed by atoms with Crippen LogP contribution in [-0.2, 0) is 21.2 Å². The number of amides is 1. The average Bonchev–Trinajstić information content (AvgIpc) is 2.70. The summed E-state index contributed by atoms with van der Waals surface area (Å²) in [4.78, 5) is 12.4. The molecule has 150 valence electrons. The van der Waals surface area contributed by atoms with Crippen molar-refractivity contribution >= 4 is 43.2 Å². The molecule has 0 aromatic heterocycles. The van der Waals surface area contributed by atoms with E-state index in [4.69, 9.17) is 4.74 Å². The van der Waals surface area contributed by atoms with Gasteiger partial charge < -0.3 is 10.1 Å². The monoisotopic (exact) mass is 474 g/mol. The molecule has 6 nitrogen and oxygen atoms in total. The minimum Gasteiger partial charge on any atom is -0.496 e. The van der Waals surface area contributed by atoms with E-state index in [-0.39, 0.29) is 17.2 Å². The minimum atomic E-state index is -3.79. The van der Waals surface area contributed by atoms with Crippen LogP contribution in [0.15, 0.2) is 82.2 Å². The first-order valence-corrected chi connectivity index (χ1v) is 11.0. The van der Waals surface area contributed by atoms with Gasteiger partial charge in [-0.25, -0.2) is 8.42 Å². The van der Waals surface area contributed by atoms with Crippen molar-refractivity contribution in [3.8, 4) is 5.75 Å². The number of anilines is 2. The first kappa shape index (κ1) is 20.9. The maximum absolute atomic E-state index is 12.6. The maximum Gasteiger partial charge on any atom is 0.261 e. The molecule has 0 unspecified atom stereocenters. The van der Waals surface area contributed by atoms with Crippen LogP contribution in [0, 0.1) is 0 Å². The summed E-state index contributed by atoms with van der Waals surface area (Å²) in [6, 6.07) is 20.1. The number of ether oxygens (including phenoxy) is 1. The molecule has 3 aromatic rings. The van der Waals surface area contributed by atoms with Crippen LogP contribution in [0.2, 0.25) is 0 Å². The lowest BCUT2D eigenvalue weighted by molar-refractivity contribution is -0.115. The highest BCUT2D eigenvalue weighted by Crippen LogP contribution is 2.22. The van der Waals surface area contributed by atoms with Gasteiger partial charge in [-0.15, -0.1) is 0 Å². The predicted molar refractivity (Wildman–Crippen MR) is 117 cm³/mol. The number of benzene rings is 3. The van der Waals surface area contributed by atoms with Crippen molar-refractivity contribution in [2.24, 2.45) is 0 Å². The van der Waals surface area contributed by atoms with E-state index < -0.39 is 10.0 Å². The molecule has 0 bridgehead atoms. The van der Waals surface area contributed by atoms with E-state index in [1.165, 1.54) is 12.1 Å². The van der Waals surface area contributed by atoms with E-state index in [9.17, 15) is 13.2 Å². The number of halogens is 1. The number of nitrogens with one attached hydrogen (secondary N) is 2. The molecular formula is C21H19BrN2O4S. The van der Waals surface area contributed by atoms with Gasteiger partial charge >= 0.3 is 0 Å². The Kier molecular flexibility index (Phi) is 6.56. The average molecular weight is 475 g/mol. The lowest BCUT2D eigenvalue weighted by Crippen LogP contribution is -2.16. The highest BCUT2D eigenvalue weighted by atomic mass is 79.9. The molecule has 0 aliphatic rings. The number of sulfonamides is 1. The van der Waals surface area contributed by atoms with Gasteiger partial charge in [-0.3, -0.25) is 9.52 Å². The molecule has 0 saturated heterocycles. The zero-order valence-electron chi connectivity index (χ0n) is 15.6. The quantitative estimate of drug-likeness (QED) is 0.529. The van der Waals surface area contributed by atoms with Gasteiger partial charge in [0.25, 0.3) is 10.0 Å². The molecule has 0 atom stereocenters. The third-order valence-corrected chi connectivity index (χ3v) is 5.98. The number of carbonyl (C=O) groups excluding carboxylic acids is 1. The highest BCUT2D eigenvalue weighted by Gasteiger charge is 2.16. The van der Waals surface area contributed by atoms with Crippen LogP contribution in [-0.4, -0.2) is 21.4 Å². The van der Waals surface area contributed by atoms with Gasteiger partial charge in [-0.2, -0.15) is 0 Å². The van der Waals surface area contributed by atoms with Crippen molar-refractivity contribution in [1.29, 1.82) is 0 Å². The summed E-state index contributed by atoms with van der Waals surface area (Å²) in [5.41, 5.74) is 1.58. The van der Waals surface area contributed by atoms with Crippen molar-refractivity contribution in [2.45, 2.75) is 11.3 Å². The van der Waals surface area contributed by atoms with Gasteiger partial charge in [0.1, 0.15) is 5.75 Å². The van der Waals surface area contributed by atoms with E-state index in [0.29, 0.717) is 17.1 Å². The Hall–Kier alpha value is -2.84. The van der Waals surface area contributed by atoms with Crippen molar-refractivity contribution in [3.63, 3.8) is 0 Å². The van der Waals surface area contributed by atoms with E-state index in [1.807, 2.05) is 12.1 Å². The van der Waals surface area contributed by atoms with Crippen molar-refractivity contribution in [3.05, 3.63) is 82.8 Å². The highest BCUT2D eigenvalue weighted by molar-refractivity contribution is 9.10. The maximum atomic E-state index is 12.6. The second-order valence-corrected chi connectivity index (χ2v) is 8.78. The fourth-order valence-corrected chi connectivity index (χ4v) is 4.07. The molecular weight excluding hydrogens is 456 g/mol. The Morgan fingerprint density at radius 3 is 2.41 bits per heavy atom. The molecule has 3 rings (SSSR count). The van der Waals surface area contributed by atoms with Gasteiger partial charge in [-0.05, 0) is 48.5 Å². The third-order valence-electron chi connectivity index (χ3n) is 4.07. The zero-order valence-corrected chi connectivity index (χ0v) is 18.0. The van der Waals surface area contributed by atoms with E-state index >= 15 is 0 Å². The molecule has 29 heavy (non-hydrogen) atoms. The lowest BCUT2D eigenvalue weighted by Gasteiger charge is -2.11.